The summed E-state index contributed by atoms with van der Waals surface area (Å²) in [5.74, 6) is -7.78. The molecule has 2 aromatic carbocycles. The topological polar surface area (TPSA) is 89.6 Å². The lowest BCUT2D eigenvalue weighted by Crippen LogP contribution is -2.44. The van der Waals surface area contributed by atoms with E-state index >= 15 is 0 Å². The Labute approximate surface area is 147 Å². The molecule has 8 heteroatoms. The zero-order chi connectivity index (χ0) is 19.3. The van der Waals surface area contributed by atoms with Crippen molar-refractivity contribution < 1.29 is 32.6 Å². The number of carboxylic acids is 1. The molecule has 0 aliphatic rings. The highest BCUT2D eigenvalue weighted by atomic mass is 19.2. The van der Waals surface area contributed by atoms with E-state index in [0.717, 1.165) is 0 Å². The van der Waals surface area contributed by atoms with Crippen molar-refractivity contribution in [3.63, 3.8) is 0 Å². The van der Waals surface area contributed by atoms with E-state index in [4.69, 9.17) is 15.6 Å². The highest BCUT2D eigenvalue weighted by Crippen LogP contribution is 2.20. The first-order valence-electron chi connectivity index (χ1n) is 7.62. The molecule has 5 nitrogen and oxygen atoms in total. The van der Waals surface area contributed by atoms with E-state index in [1.807, 2.05) is 0 Å². The molecule has 2 rings (SSSR count). The van der Waals surface area contributed by atoms with Crippen molar-refractivity contribution in [2.45, 2.75) is 19.1 Å². The summed E-state index contributed by atoms with van der Waals surface area (Å²) in [6, 6.07) is 7.77. The SMILES string of the molecule is NC(C(=O)O)[C@@H](Cc1cc(F)c(F)cc1F)C(=O)OCc1ccccc1. The maximum Gasteiger partial charge on any atom is 0.321 e. The molecule has 1 unspecified atom stereocenters. The Hall–Kier alpha value is -2.87. The molecular weight excluding hydrogens is 351 g/mol. The van der Waals surface area contributed by atoms with Crippen LogP contribution in [0, 0.1) is 23.4 Å². The van der Waals surface area contributed by atoms with Crippen LogP contribution in [0.4, 0.5) is 13.2 Å². The first kappa shape index (κ1) is 19.5. The van der Waals surface area contributed by atoms with Gasteiger partial charge in [-0.3, -0.25) is 9.59 Å². The van der Waals surface area contributed by atoms with Crippen LogP contribution in [-0.4, -0.2) is 23.1 Å². The number of nitrogens with two attached hydrogens (primary N) is 1. The molecule has 2 atom stereocenters. The van der Waals surface area contributed by atoms with Crippen LogP contribution in [0.5, 0.6) is 0 Å². The van der Waals surface area contributed by atoms with Crippen LogP contribution >= 0.6 is 0 Å². The van der Waals surface area contributed by atoms with Crippen molar-refractivity contribution in [2.75, 3.05) is 0 Å². The summed E-state index contributed by atoms with van der Waals surface area (Å²) in [5.41, 5.74) is 5.79. The maximum atomic E-state index is 13.8. The van der Waals surface area contributed by atoms with E-state index in [9.17, 15) is 22.8 Å². The summed E-state index contributed by atoms with van der Waals surface area (Å²) in [4.78, 5) is 23.4. The van der Waals surface area contributed by atoms with Gasteiger partial charge >= 0.3 is 11.9 Å². The molecule has 0 spiro atoms. The fourth-order valence-electron chi connectivity index (χ4n) is 2.32. The van der Waals surface area contributed by atoms with E-state index < -0.39 is 47.8 Å². The van der Waals surface area contributed by atoms with Gasteiger partial charge in [-0.1, -0.05) is 30.3 Å². The van der Waals surface area contributed by atoms with Crippen LogP contribution in [0.15, 0.2) is 42.5 Å². The number of aliphatic carboxylic acids is 1. The Balaban J connectivity index is 2.19. The zero-order valence-corrected chi connectivity index (χ0v) is 13.5. The smallest absolute Gasteiger partial charge is 0.321 e. The first-order valence-corrected chi connectivity index (χ1v) is 7.62. The first-order chi connectivity index (χ1) is 12.3. The number of benzene rings is 2. The molecule has 3 N–H and O–H groups in total. The van der Waals surface area contributed by atoms with Crippen LogP contribution in [0.25, 0.3) is 0 Å². The van der Waals surface area contributed by atoms with Crippen LogP contribution in [0.2, 0.25) is 0 Å². The van der Waals surface area contributed by atoms with Gasteiger partial charge in [0.05, 0.1) is 5.92 Å². The molecule has 26 heavy (non-hydrogen) atoms. The molecule has 138 valence electrons. The van der Waals surface area contributed by atoms with Crippen LogP contribution in [0.1, 0.15) is 11.1 Å². The van der Waals surface area contributed by atoms with Crippen molar-refractivity contribution >= 4 is 11.9 Å². The van der Waals surface area contributed by atoms with E-state index in [2.05, 4.69) is 0 Å². The maximum absolute atomic E-state index is 13.8. The normalized spacial score (nSPS) is 13.1. The standard InChI is InChI=1S/C18H16F3NO4/c19-13-8-15(21)14(20)7-11(13)6-12(16(22)17(23)24)18(25)26-9-10-4-2-1-3-5-10/h1-5,7-8,12,16H,6,9,22H2,(H,23,24)/t12-,16?/m1/s1. The van der Waals surface area contributed by atoms with Crippen molar-refractivity contribution in [3.8, 4) is 0 Å². The lowest BCUT2D eigenvalue weighted by atomic mass is 9.92. The minimum Gasteiger partial charge on any atom is -0.480 e. The van der Waals surface area contributed by atoms with Gasteiger partial charge < -0.3 is 15.6 Å². The number of carboxylic acid groups (broad SMARTS) is 1. The summed E-state index contributed by atoms with van der Waals surface area (Å²) in [5, 5.41) is 9.07. The fraction of sp³-hybridized carbons (Fsp3) is 0.222. The van der Waals surface area contributed by atoms with Gasteiger partial charge in [0.25, 0.3) is 0 Å². The molecule has 0 aliphatic heterocycles. The highest BCUT2D eigenvalue weighted by molar-refractivity contribution is 5.83. The summed E-state index contributed by atoms with van der Waals surface area (Å²) >= 11 is 0. The van der Waals surface area contributed by atoms with Gasteiger partial charge in [0.2, 0.25) is 0 Å². The molecule has 2 aromatic rings. The molecule has 0 fully saturated rings. The van der Waals surface area contributed by atoms with Crippen molar-refractivity contribution in [1.29, 1.82) is 0 Å². The van der Waals surface area contributed by atoms with Crippen molar-refractivity contribution in [2.24, 2.45) is 11.7 Å². The third kappa shape index (κ3) is 4.82. The van der Waals surface area contributed by atoms with Gasteiger partial charge in [-0.15, -0.1) is 0 Å². The third-order valence-electron chi connectivity index (χ3n) is 3.77. The second-order valence-corrected chi connectivity index (χ2v) is 5.63. The molecule has 0 radical (unpaired) electrons. The van der Waals surface area contributed by atoms with Gasteiger partial charge in [0.15, 0.2) is 11.6 Å². The highest BCUT2D eigenvalue weighted by Gasteiger charge is 2.33. The minimum atomic E-state index is -1.70. The molecule has 0 amide bonds. The summed E-state index contributed by atoms with van der Waals surface area (Å²) in [6.45, 7) is -0.136. The zero-order valence-electron chi connectivity index (χ0n) is 13.5. The second kappa shape index (κ2) is 8.48. The monoisotopic (exact) mass is 367 g/mol. The van der Waals surface area contributed by atoms with Crippen molar-refractivity contribution in [1.82, 2.24) is 0 Å². The quantitative estimate of drug-likeness (QED) is 0.579. The van der Waals surface area contributed by atoms with Crippen LogP contribution < -0.4 is 5.73 Å². The summed E-state index contributed by atoms with van der Waals surface area (Å²) < 4.78 is 45.2. The number of hydrogen-bond donors (Lipinski definition) is 2. The Morgan fingerprint density at radius 2 is 1.65 bits per heavy atom. The fourth-order valence-corrected chi connectivity index (χ4v) is 2.32. The lowest BCUT2D eigenvalue weighted by molar-refractivity contribution is -0.155. The van der Waals surface area contributed by atoms with Gasteiger partial charge in [-0.25, -0.2) is 13.2 Å². The summed E-state index contributed by atoms with van der Waals surface area (Å²) in [6.07, 6.45) is -0.551. The third-order valence-corrected chi connectivity index (χ3v) is 3.77. The van der Waals surface area contributed by atoms with Gasteiger partial charge in [0.1, 0.15) is 18.5 Å². The van der Waals surface area contributed by atoms with E-state index in [0.29, 0.717) is 17.7 Å². The van der Waals surface area contributed by atoms with Gasteiger partial charge in [0, 0.05) is 6.07 Å². The predicted octanol–water partition coefficient (Wildman–Crippen LogP) is 2.42. The van der Waals surface area contributed by atoms with Gasteiger partial charge in [-0.05, 0) is 23.6 Å². The average Bonchev–Trinajstić information content (AvgIpc) is 2.61. The largest absolute Gasteiger partial charge is 0.480 e. The van der Waals surface area contributed by atoms with E-state index in [1.54, 1.807) is 30.3 Å². The Morgan fingerprint density at radius 1 is 1.04 bits per heavy atom. The molecule has 0 aromatic heterocycles. The molecule has 0 saturated heterocycles. The second-order valence-electron chi connectivity index (χ2n) is 5.63. The Kier molecular flexibility index (Phi) is 6.35. The van der Waals surface area contributed by atoms with E-state index in [1.165, 1.54) is 0 Å². The minimum absolute atomic E-state index is 0.136. The number of rotatable bonds is 7. The molecule has 0 bridgehead atoms. The van der Waals surface area contributed by atoms with Crippen LogP contribution in [0.3, 0.4) is 0 Å². The van der Waals surface area contributed by atoms with Crippen LogP contribution in [-0.2, 0) is 27.4 Å². The number of carbonyl (C=O) groups excluding carboxylic acids is 1. The number of carbonyl (C=O) groups is 2. The Morgan fingerprint density at radius 3 is 2.27 bits per heavy atom. The molecule has 0 heterocycles. The molecule has 0 saturated carbocycles. The van der Waals surface area contributed by atoms with Crippen molar-refractivity contribution in [3.05, 3.63) is 71.0 Å². The number of ether oxygens (including phenoxy) is 1. The number of halogens is 3. The average molecular weight is 367 g/mol. The lowest BCUT2D eigenvalue weighted by Gasteiger charge is -2.20. The Bertz CT molecular complexity index is 799. The molecular formula is C18H16F3NO4. The number of hydrogen-bond acceptors (Lipinski definition) is 4. The molecule has 0 aliphatic carbocycles. The van der Waals surface area contributed by atoms with Gasteiger partial charge in [-0.2, -0.15) is 0 Å². The van der Waals surface area contributed by atoms with E-state index in [-0.39, 0.29) is 12.2 Å². The summed E-state index contributed by atoms with van der Waals surface area (Å²) in [7, 11) is 0. The number of esters is 1. The predicted molar refractivity (Wildman–Crippen MR) is 85.4 cm³/mol.